The van der Waals surface area contributed by atoms with Gasteiger partial charge in [-0.3, -0.25) is 0 Å². The molecule has 0 amide bonds. The van der Waals surface area contributed by atoms with Crippen molar-refractivity contribution < 1.29 is 60.7 Å². The molecule has 4 rings (SSSR count). The van der Waals surface area contributed by atoms with Gasteiger partial charge in [-0.05, 0) is 44.5 Å². The smallest absolute Gasteiger partial charge is 0.0715 e. The van der Waals surface area contributed by atoms with Gasteiger partial charge in [0.25, 0.3) is 0 Å². The van der Waals surface area contributed by atoms with Crippen LogP contribution in [0.1, 0.15) is 41.4 Å². The summed E-state index contributed by atoms with van der Waals surface area (Å²) in [5.41, 5.74) is 3.59. The van der Waals surface area contributed by atoms with Crippen molar-refractivity contribution >= 4 is 23.9 Å². The quantitative estimate of drug-likeness (QED) is 0.282. The zero-order chi connectivity index (χ0) is 26.2. The van der Waals surface area contributed by atoms with E-state index in [4.69, 9.17) is 0 Å². The molecular weight excluding hydrogens is 648 g/mol. The zero-order valence-corrected chi connectivity index (χ0v) is 21.8. The van der Waals surface area contributed by atoms with E-state index in [0.717, 1.165) is 22.3 Å². The van der Waals surface area contributed by atoms with Gasteiger partial charge < -0.3 is 39.6 Å². The minimum absolute atomic E-state index is 0. The van der Waals surface area contributed by atoms with Gasteiger partial charge >= 0.3 is 0 Å². The molecule has 0 saturated heterocycles. The van der Waals surface area contributed by atoms with Crippen molar-refractivity contribution in [2.45, 2.75) is 0 Å². The Morgan fingerprint density at radius 3 is 0.568 bits per heavy atom. The van der Waals surface area contributed by atoms with Crippen LogP contribution >= 0.6 is 0 Å². The van der Waals surface area contributed by atoms with Gasteiger partial charge in [0.15, 0.2) is 0 Å². The maximum Gasteiger partial charge on any atom is 0.0715 e. The molecule has 0 unspecified atom stereocenters. The van der Waals surface area contributed by atoms with Gasteiger partial charge in [0.2, 0.25) is 0 Å². The van der Waals surface area contributed by atoms with E-state index in [9.17, 15) is 39.6 Å². The summed E-state index contributed by atoms with van der Waals surface area (Å²) in [7, 11) is 0. The molecule has 0 atom stereocenters. The number of carboxylic acid groups (broad SMARTS) is 4. The summed E-state index contributed by atoms with van der Waals surface area (Å²) >= 11 is 0. The van der Waals surface area contributed by atoms with Crippen molar-refractivity contribution in [3.63, 3.8) is 0 Å². The third-order valence-corrected chi connectivity index (χ3v) is 5.15. The molecule has 0 radical (unpaired) electrons. The minimum Gasteiger partial charge on any atom is -0.545 e. The number of aromatic carboxylic acids is 4. The molecule has 0 N–H and O–H groups in total. The number of carbonyl (C=O) groups is 4. The molecule has 0 spiro atoms. The van der Waals surface area contributed by atoms with Crippen LogP contribution in [0.3, 0.4) is 0 Å². The van der Waals surface area contributed by atoms with E-state index in [1.165, 1.54) is 48.5 Å². The van der Waals surface area contributed by atoms with Crippen LogP contribution in [0.2, 0.25) is 0 Å². The molecule has 0 aliphatic heterocycles. The average molecular weight is 664 g/mol. The fourth-order valence-electron chi connectivity index (χ4n) is 3.20. The van der Waals surface area contributed by atoms with E-state index in [-0.39, 0.29) is 43.3 Å². The molecule has 0 aliphatic rings. The summed E-state index contributed by atoms with van der Waals surface area (Å²) in [6.07, 6.45) is 0. The van der Waals surface area contributed by atoms with E-state index >= 15 is 0 Å². The molecule has 8 nitrogen and oxygen atoms in total. The largest absolute Gasteiger partial charge is 0.545 e. The fourth-order valence-corrected chi connectivity index (χ4v) is 3.20. The molecule has 4 aromatic rings. The normalized spacial score (nSPS) is 9.73. The van der Waals surface area contributed by atoms with Gasteiger partial charge in [0, 0.05) is 21.1 Å². The van der Waals surface area contributed by atoms with E-state index < -0.39 is 23.9 Å². The number of hydrogen-bond donors (Lipinski definition) is 0. The topological polar surface area (TPSA) is 161 Å². The number of hydrogen-bond acceptors (Lipinski definition) is 8. The van der Waals surface area contributed by atoms with Crippen LogP contribution in [0.5, 0.6) is 0 Å². The molecule has 9 heteroatoms. The van der Waals surface area contributed by atoms with Crippen LogP contribution in [0.15, 0.2) is 97.1 Å². The van der Waals surface area contributed by atoms with Crippen molar-refractivity contribution in [2.24, 2.45) is 0 Å². The molecule has 0 fully saturated rings. The first kappa shape index (κ1) is 28.7. The molecular formula is C28H16O8W-4. The van der Waals surface area contributed by atoms with Gasteiger partial charge in [-0.25, -0.2) is 0 Å². The van der Waals surface area contributed by atoms with Gasteiger partial charge in [-0.1, -0.05) is 97.1 Å². The predicted molar refractivity (Wildman–Crippen MR) is 121 cm³/mol. The maximum absolute atomic E-state index is 10.6. The van der Waals surface area contributed by atoms with Gasteiger partial charge in [-0.2, -0.15) is 0 Å². The first-order chi connectivity index (χ1) is 17.2. The molecule has 0 bridgehead atoms. The monoisotopic (exact) mass is 664 g/mol. The Kier molecular flexibility index (Phi) is 10.0. The Hall–Kier alpha value is -4.55. The molecule has 37 heavy (non-hydrogen) atoms. The van der Waals surface area contributed by atoms with E-state index in [1.54, 1.807) is 48.5 Å². The standard InChI is InChI=1S/2C14H10O4.W/c2*15-13(16)11-5-1-9(2-6-11)10-3-7-12(8-4-10)14(17)18;/h2*1-8H,(H,15,16)(H,17,18);/p-4. The second-order valence-electron chi connectivity index (χ2n) is 7.46. The predicted octanol–water partition coefficient (Wildman–Crippen LogP) is 0.159. The van der Waals surface area contributed by atoms with Crippen molar-refractivity contribution in [3.8, 4) is 22.3 Å². The molecule has 0 heterocycles. The van der Waals surface area contributed by atoms with E-state index in [1.807, 2.05) is 0 Å². The van der Waals surface area contributed by atoms with Crippen LogP contribution in [0.4, 0.5) is 0 Å². The van der Waals surface area contributed by atoms with Crippen molar-refractivity contribution in [1.82, 2.24) is 0 Å². The van der Waals surface area contributed by atoms with Crippen LogP contribution in [-0.2, 0) is 21.1 Å². The summed E-state index contributed by atoms with van der Waals surface area (Å²) in [5.74, 6) is -4.91. The SMILES string of the molecule is O=C([O-])c1ccc(-c2ccc(C(=O)[O-])cc2)cc1.O=C([O-])c1ccc(-c2ccc(C(=O)[O-])cc2)cc1.[W]. The van der Waals surface area contributed by atoms with Crippen LogP contribution in [0.25, 0.3) is 22.3 Å². The summed E-state index contributed by atoms with van der Waals surface area (Å²) in [5, 5.41) is 42.3. The molecule has 0 saturated carbocycles. The summed E-state index contributed by atoms with van der Waals surface area (Å²) < 4.78 is 0. The summed E-state index contributed by atoms with van der Waals surface area (Å²) in [4.78, 5) is 42.3. The van der Waals surface area contributed by atoms with Gasteiger partial charge in [0.05, 0.1) is 23.9 Å². The zero-order valence-electron chi connectivity index (χ0n) is 18.9. The Morgan fingerprint density at radius 2 is 0.459 bits per heavy atom. The Morgan fingerprint density at radius 1 is 0.324 bits per heavy atom. The number of carboxylic acids is 4. The second kappa shape index (κ2) is 13.0. The first-order valence-electron chi connectivity index (χ1n) is 10.4. The Balaban J connectivity index is 0.000000253. The Bertz CT molecular complexity index is 1170. The molecule has 186 valence electrons. The third kappa shape index (κ3) is 7.72. The molecule has 0 aromatic heterocycles. The summed E-state index contributed by atoms with van der Waals surface area (Å²) in [6, 6.07) is 24.6. The number of carbonyl (C=O) groups excluding carboxylic acids is 4. The Labute approximate surface area is 225 Å². The first-order valence-corrected chi connectivity index (χ1v) is 10.4. The average Bonchev–Trinajstić information content (AvgIpc) is 2.89. The summed E-state index contributed by atoms with van der Waals surface area (Å²) in [6.45, 7) is 0. The number of benzene rings is 4. The number of rotatable bonds is 6. The van der Waals surface area contributed by atoms with Crippen LogP contribution in [-0.4, -0.2) is 23.9 Å². The van der Waals surface area contributed by atoms with Gasteiger partial charge in [-0.15, -0.1) is 0 Å². The van der Waals surface area contributed by atoms with Crippen molar-refractivity contribution in [2.75, 3.05) is 0 Å². The second-order valence-corrected chi connectivity index (χ2v) is 7.46. The minimum atomic E-state index is -1.23. The van der Waals surface area contributed by atoms with E-state index in [0.29, 0.717) is 0 Å². The molecule has 4 aromatic carbocycles. The molecule has 0 aliphatic carbocycles. The maximum atomic E-state index is 10.6. The van der Waals surface area contributed by atoms with Crippen molar-refractivity contribution in [1.29, 1.82) is 0 Å². The van der Waals surface area contributed by atoms with E-state index in [2.05, 4.69) is 0 Å². The van der Waals surface area contributed by atoms with Crippen molar-refractivity contribution in [3.05, 3.63) is 119 Å². The fraction of sp³-hybridized carbons (Fsp3) is 0. The van der Waals surface area contributed by atoms with Crippen LogP contribution < -0.4 is 20.4 Å². The van der Waals surface area contributed by atoms with Gasteiger partial charge in [0.1, 0.15) is 0 Å². The third-order valence-electron chi connectivity index (χ3n) is 5.15. The van der Waals surface area contributed by atoms with Crippen LogP contribution in [0, 0.1) is 0 Å².